The van der Waals surface area contributed by atoms with Crippen molar-refractivity contribution in [3.63, 3.8) is 0 Å². The molecule has 6 nitrogen and oxygen atoms in total. The van der Waals surface area contributed by atoms with E-state index in [0.29, 0.717) is 6.42 Å². The van der Waals surface area contributed by atoms with Crippen molar-refractivity contribution in [2.45, 2.75) is 40.5 Å². The summed E-state index contributed by atoms with van der Waals surface area (Å²) in [5.74, 6) is 0.238. The molecule has 0 aliphatic carbocycles. The summed E-state index contributed by atoms with van der Waals surface area (Å²) < 4.78 is 0. The first-order valence-electron chi connectivity index (χ1n) is 11.0. The summed E-state index contributed by atoms with van der Waals surface area (Å²) in [5.41, 5.74) is 3.80. The lowest BCUT2D eigenvalue weighted by atomic mass is 9.91. The molecule has 1 saturated heterocycles. The van der Waals surface area contributed by atoms with Crippen LogP contribution in [0.1, 0.15) is 39.7 Å². The van der Waals surface area contributed by atoms with Gasteiger partial charge in [-0.2, -0.15) is 0 Å². The maximum Gasteiger partial charge on any atom is 0.323 e. The average Bonchev–Trinajstić information content (AvgIpc) is 2.73. The van der Waals surface area contributed by atoms with Crippen LogP contribution in [0.2, 0.25) is 0 Å². The SMILES string of the molecule is CCc1ccccc1NC(=O)Nc1ccc(N2CCN(C(=O)CC(C)(C)C)CC2)cc1. The zero-order chi connectivity index (χ0) is 22.4. The number of nitrogens with one attached hydrogen (secondary N) is 2. The van der Waals surface area contributed by atoms with Crippen molar-refractivity contribution >= 4 is 29.0 Å². The van der Waals surface area contributed by atoms with Crippen molar-refractivity contribution in [1.29, 1.82) is 0 Å². The Morgan fingerprint density at radius 1 is 0.903 bits per heavy atom. The van der Waals surface area contributed by atoms with Gasteiger partial charge >= 0.3 is 6.03 Å². The molecule has 1 fully saturated rings. The highest BCUT2D eigenvalue weighted by molar-refractivity contribution is 6.00. The van der Waals surface area contributed by atoms with Gasteiger partial charge in [-0.15, -0.1) is 0 Å². The summed E-state index contributed by atoms with van der Waals surface area (Å²) in [6.45, 7) is 11.5. The molecule has 0 bridgehead atoms. The number of rotatable bonds is 5. The average molecular weight is 423 g/mol. The van der Waals surface area contributed by atoms with Gasteiger partial charge in [0.15, 0.2) is 0 Å². The third kappa shape index (κ3) is 6.48. The molecule has 1 aliphatic rings. The van der Waals surface area contributed by atoms with Crippen molar-refractivity contribution in [3.05, 3.63) is 54.1 Å². The Bertz CT molecular complexity index is 894. The summed E-state index contributed by atoms with van der Waals surface area (Å²) in [7, 11) is 0. The molecular weight excluding hydrogens is 388 g/mol. The highest BCUT2D eigenvalue weighted by Crippen LogP contribution is 2.23. The molecule has 1 heterocycles. The molecule has 2 N–H and O–H groups in total. The van der Waals surface area contributed by atoms with Crippen molar-refractivity contribution in [2.75, 3.05) is 41.7 Å². The van der Waals surface area contributed by atoms with Gasteiger partial charge in [-0.05, 0) is 47.7 Å². The fraction of sp³-hybridized carbons (Fsp3) is 0.440. The number of hydrogen-bond acceptors (Lipinski definition) is 3. The van der Waals surface area contributed by atoms with E-state index in [1.54, 1.807) is 0 Å². The predicted octanol–water partition coefficient (Wildman–Crippen LogP) is 4.98. The number of para-hydroxylation sites is 1. The van der Waals surface area contributed by atoms with Gasteiger partial charge in [-0.25, -0.2) is 4.79 Å². The quantitative estimate of drug-likeness (QED) is 0.714. The second-order valence-corrected chi connectivity index (χ2v) is 9.24. The van der Waals surface area contributed by atoms with Crippen LogP contribution in [-0.2, 0) is 11.2 Å². The maximum atomic E-state index is 12.4. The fourth-order valence-electron chi connectivity index (χ4n) is 3.77. The van der Waals surface area contributed by atoms with E-state index in [2.05, 4.69) is 43.2 Å². The van der Waals surface area contributed by atoms with Gasteiger partial charge in [0.1, 0.15) is 0 Å². The maximum absolute atomic E-state index is 12.4. The number of urea groups is 1. The summed E-state index contributed by atoms with van der Waals surface area (Å²) in [5, 5.41) is 5.82. The summed E-state index contributed by atoms with van der Waals surface area (Å²) in [6.07, 6.45) is 1.44. The molecule has 0 aromatic heterocycles. The van der Waals surface area contributed by atoms with Gasteiger partial charge in [0.2, 0.25) is 5.91 Å². The highest BCUT2D eigenvalue weighted by atomic mass is 16.2. The molecule has 0 unspecified atom stereocenters. The van der Waals surface area contributed by atoms with Crippen LogP contribution in [0, 0.1) is 5.41 Å². The van der Waals surface area contributed by atoms with E-state index < -0.39 is 0 Å². The van der Waals surface area contributed by atoms with E-state index in [1.165, 1.54) is 0 Å². The Morgan fingerprint density at radius 2 is 1.55 bits per heavy atom. The third-order valence-corrected chi connectivity index (χ3v) is 5.45. The second-order valence-electron chi connectivity index (χ2n) is 9.24. The minimum atomic E-state index is -0.250. The highest BCUT2D eigenvalue weighted by Gasteiger charge is 2.24. The number of carbonyl (C=O) groups excluding carboxylic acids is 2. The predicted molar refractivity (Wildman–Crippen MR) is 128 cm³/mol. The fourth-order valence-corrected chi connectivity index (χ4v) is 3.77. The van der Waals surface area contributed by atoms with Gasteiger partial charge in [0, 0.05) is 49.7 Å². The third-order valence-electron chi connectivity index (χ3n) is 5.45. The van der Waals surface area contributed by atoms with Gasteiger partial charge in [-0.1, -0.05) is 45.9 Å². The largest absolute Gasteiger partial charge is 0.368 e. The molecule has 0 radical (unpaired) electrons. The van der Waals surface area contributed by atoms with E-state index >= 15 is 0 Å². The van der Waals surface area contributed by atoms with Crippen molar-refractivity contribution in [2.24, 2.45) is 5.41 Å². The molecule has 166 valence electrons. The van der Waals surface area contributed by atoms with Gasteiger partial charge in [0.25, 0.3) is 0 Å². The summed E-state index contributed by atoms with van der Waals surface area (Å²) >= 11 is 0. The minimum absolute atomic E-state index is 0.0158. The molecule has 1 aliphatic heterocycles. The zero-order valence-electron chi connectivity index (χ0n) is 19.1. The number of carbonyl (C=O) groups is 2. The lowest BCUT2D eigenvalue weighted by molar-refractivity contribution is -0.133. The molecule has 2 aromatic carbocycles. The minimum Gasteiger partial charge on any atom is -0.368 e. The Hall–Kier alpha value is -3.02. The molecule has 0 saturated carbocycles. The first-order valence-corrected chi connectivity index (χ1v) is 11.0. The first-order chi connectivity index (χ1) is 14.7. The number of piperazine rings is 1. The standard InChI is InChI=1S/C25H34N4O2/c1-5-19-8-6-7-9-22(19)27-24(31)26-20-10-12-21(13-11-20)28-14-16-29(17-15-28)23(30)18-25(2,3)4/h6-13H,5,14-18H2,1-4H3,(H2,26,27,31). The Morgan fingerprint density at radius 3 is 2.16 bits per heavy atom. The van der Waals surface area contributed by atoms with Crippen LogP contribution >= 0.6 is 0 Å². The number of aryl methyl sites for hydroxylation is 1. The van der Waals surface area contributed by atoms with E-state index in [-0.39, 0.29) is 17.4 Å². The van der Waals surface area contributed by atoms with Crippen LogP contribution in [-0.4, -0.2) is 43.0 Å². The Kier molecular flexibility index (Phi) is 7.21. The summed E-state index contributed by atoms with van der Waals surface area (Å²) in [6, 6.07) is 15.4. The topological polar surface area (TPSA) is 64.7 Å². The molecular formula is C25H34N4O2. The molecule has 3 amide bonds. The number of amides is 3. The summed E-state index contributed by atoms with van der Waals surface area (Å²) in [4.78, 5) is 29.1. The Labute approximate surface area is 185 Å². The van der Waals surface area contributed by atoms with Crippen molar-refractivity contribution in [3.8, 4) is 0 Å². The Balaban J connectivity index is 1.51. The molecule has 0 atom stereocenters. The van der Waals surface area contributed by atoms with Crippen molar-refractivity contribution < 1.29 is 9.59 Å². The number of benzene rings is 2. The van der Waals surface area contributed by atoms with E-state index in [1.807, 2.05) is 53.4 Å². The molecule has 6 heteroatoms. The van der Waals surface area contributed by atoms with E-state index in [0.717, 1.165) is 55.2 Å². The van der Waals surface area contributed by atoms with Crippen LogP contribution in [0.4, 0.5) is 21.9 Å². The molecule has 2 aromatic rings. The van der Waals surface area contributed by atoms with Crippen LogP contribution < -0.4 is 15.5 Å². The van der Waals surface area contributed by atoms with Crippen LogP contribution in [0.3, 0.4) is 0 Å². The van der Waals surface area contributed by atoms with Gasteiger partial charge < -0.3 is 20.4 Å². The van der Waals surface area contributed by atoms with Crippen molar-refractivity contribution in [1.82, 2.24) is 4.90 Å². The van der Waals surface area contributed by atoms with E-state index in [9.17, 15) is 9.59 Å². The van der Waals surface area contributed by atoms with Gasteiger partial charge in [0.05, 0.1) is 0 Å². The first kappa shape index (κ1) is 22.7. The number of anilines is 3. The van der Waals surface area contributed by atoms with Crippen LogP contribution in [0.15, 0.2) is 48.5 Å². The number of hydrogen-bond donors (Lipinski definition) is 2. The zero-order valence-corrected chi connectivity index (χ0v) is 19.1. The molecule has 3 rings (SSSR count). The molecule has 0 spiro atoms. The smallest absolute Gasteiger partial charge is 0.323 e. The van der Waals surface area contributed by atoms with Gasteiger partial charge in [-0.3, -0.25) is 4.79 Å². The monoisotopic (exact) mass is 422 g/mol. The molecule has 31 heavy (non-hydrogen) atoms. The van der Waals surface area contributed by atoms with Crippen LogP contribution in [0.5, 0.6) is 0 Å². The van der Waals surface area contributed by atoms with E-state index in [4.69, 9.17) is 0 Å². The second kappa shape index (κ2) is 9.86. The lowest BCUT2D eigenvalue weighted by Crippen LogP contribution is -2.49. The lowest BCUT2D eigenvalue weighted by Gasteiger charge is -2.37. The normalized spacial score (nSPS) is 14.3. The number of nitrogens with zero attached hydrogens (tertiary/aromatic N) is 2. The van der Waals surface area contributed by atoms with Crippen LogP contribution in [0.25, 0.3) is 0 Å².